The lowest BCUT2D eigenvalue weighted by atomic mass is 10.1. The number of aliphatic hydroxyl groups is 1. The number of nitrogens with two attached hydrogens (primary N) is 2. The van der Waals surface area contributed by atoms with Crippen LogP contribution in [0.25, 0.3) is 0 Å². The summed E-state index contributed by atoms with van der Waals surface area (Å²) in [5.74, 6) is -5.18. The number of carboxylic acids is 1. The second-order valence-electron chi connectivity index (χ2n) is 7.34. The molecule has 9 N–H and O–H groups in total. The maximum absolute atomic E-state index is 12.6. The first kappa shape index (κ1) is 27.9. The molecule has 5 atom stereocenters. The fourth-order valence-corrected chi connectivity index (χ4v) is 3.01. The lowest BCUT2D eigenvalue weighted by Gasteiger charge is -2.25. The van der Waals surface area contributed by atoms with E-state index in [2.05, 4.69) is 23.3 Å². The number of thiol groups is 1. The van der Waals surface area contributed by atoms with E-state index in [-0.39, 0.29) is 12.2 Å². The average Bonchev–Trinajstić information content (AvgIpc) is 2.74. The Morgan fingerprint density at radius 3 is 2.03 bits per heavy atom. The molecule has 33 heavy (non-hydrogen) atoms. The van der Waals surface area contributed by atoms with Crippen molar-refractivity contribution in [1.82, 2.24) is 16.0 Å². The van der Waals surface area contributed by atoms with Gasteiger partial charge in [-0.25, -0.2) is 4.79 Å². The van der Waals surface area contributed by atoms with Gasteiger partial charge in [-0.1, -0.05) is 30.3 Å². The van der Waals surface area contributed by atoms with Crippen LogP contribution in [0.1, 0.15) is 18.9 Å². The van der Waals surface area contributed by atoms with Crippen molar-refractivity contribution < 1.29 is 34.2 Å². The highest BCUT2D eigenvalue weighted by Crippen LogP contribution is 2.04. The molecule has 0 aromatic heterocycles. The first-order valence-corrected chi connectivity index (χ1v) is 10.6. The van der Waals surface area contributed by atoms with Gasteiger partial charge in [-0.05, 0) is 18.9 Å². The van der Waals surface area contributed by atoms with Gasteiger partial charge in [-0.15, -0.1) is 0 Å². The minimum absolute atomic E-state index is 0.150. The number of hydrogen-bond acceptors (Lipinski definition) is 8. The molecule has 5 unspecified atom stereocenters. The zero-order chi connectivity index (χ0) is 25.1. The standard InChI is InChI=1S/C20H29N5O7S/c1-10(26)16(19(30)23-13(20(31)32)8-15(22)27)25-18(29)14(9-33)24-17(28)12(21)7-11-5-3-2-4-6-11/h2-6,10,12-14,16,26,33H,7-9,21H2,1H3,(H2,22,27)(H,23,30)(H,24,28)(H,25,29)(H,31,32). The van der Waals surface area contributed by atoms with E-state index in [0.717, 1.165) is 5.56 Å². The molecular weight excluding hydrogens is 454 g/mol. The number of amides is 4. The Morgan fingerprint density at radius 2 is 1.55 bits per heavy atom. The van der Waals surface area contributed by atoms with Crippen molar-refractivity contribution in [3.05, 3.63) is 35.9 Å². The summed E-state index contributed by atoms with van der Waals surface area (Å²) in [6.45, 7) is 1.19. The lowest BCUT2D eigenvalue weighted by Crippen LogP contribution is -2.60. The number of carboxylic acid groups (broad SMARTS) is 1. The maximum atomic E-state index is 12.6. The van der Waals surface area contributed by atoms with Crippen LogP contribution in [0.3, 0.4) is 0 Å². The van der Waals surface area contributed by atoms with Gasteiger partial charge in [0.15, 0.2) is 0 Å². The zero-order valence-electron chi connectivity index (χ0n) is 17.9. The van der Waals surface area contributed by atoms with Gasteiger partial charge in [0.25, 0.3) is 0 Å². The van der Waals surface area contributed by atoms with Crippen molar-refractivity contribution in [3.63, 3.8) is 0 Å². The molecule has 4 amide bonds. The molecule has 0 aliphatic rings. The normalized spacial score (nSPS) is 15.3. The SMILES string of the molecule is CC(O)C(NC(=O)C(CS)NC(=O)C(N)Cc1ccccc1)C(=O)NC(CC(N)=O)C(=O)O. The van der Waals surface area contributed by atoms with Crippen molar-refractivity contribution in [3.8, 4) is 0 Å². The average molecular weight is 484 g/mol. The van der Waals surface area contributed by atoms with E-state index in [1.807, 2.05) is 11.4 Å². The third-order valence-electron chi connectivity index (χ3n) is 4.53. The number of aliphatic hydroxyl groups excluding tert-OH is 1. The number of nitrogens with one attached hydrogen (secondary N) is 3. The van der Waals surface area contributed by atoms with Crippen LogP contribution in [0.5, 0.6) is 0 Å². The summed E-state index contributed by atoms with van der Waals surface area (Å²) < 4.78 is 0. The Kier molecular flexibility index (Phi) is 11.3. The fraction of sp³-hybridized carbons (Fsp3) is 0.450. The molecule has 12 nitrogen and oxygen atoms in total. The molecule has 0 saturated carbocycles. The van der Waals surface area contributed by atoms with Crippen LogP contribution < -0.4 is 27.4 Å². The van der Waals surface area contributed by atoms with Crippen LogP contribution in [-0.4, -0.2) is 75.8 Å². The van der Waals surface area contributed by atoms with E-state index >= 15 is 0 Å². The summed E-state index contributed by atoms with van der Waals surface area (Å²) in [5, 5.41) is 25.7. The highest BCUT2D eigenvalue weighted by Gasteiger charge is 2.32. The highest BCUT2D eigenvalue weighted by atomic mass is 32.1. The first-order chi connectivity index (χ1) is 15.5. The van der Waals surface area contributed by atoms with E-state index in [0.29, 0.717) is 0 Å². The lowest BCUT2D eigenvalue weighted by molar-refractivity contribution is -0.144. The maximum Gasteiger partial charge on any atom is 0.326 e. The van der Waals surface area contributed by atoms with E-state index in [1.165, 1.54) is 6.92 Å². The van der Waals surface area contributed by atoms with Crippen LogP contribution in [-0.2, 0) is 30.4 Å². The van der Waals surface area contributed by atoms with E-state index in [4.69, 9.17) is 16.6 Å². The molecule has 0 aliphatic heterocycles. The molecule has 182 valence electrons. The molecule has 0 bridgehead atoms. The van der Waals surface area contributed by atoms with Gasteiger partial charge in [0, 0.05) is 5.75 Å². The van der Waals surface area contributed by atoms with Crippen molar-refractivity contribution in [2.24, 2.45) is 11.5 Å². The summed E-state index contributed by atoms with van der Waals surface area (Å²) in [6.07, 6.45) is -1.90. The number of carbonyl (C=O) groups is 5. The van der Waals surface area contributed by atoms with Crippen molar-refractivity contribution in [2.75, 3.05) is 5.75 Å². The number of rotatable bonds is 13. The minimum atomic E-state index is -1.65. The van der Waals surface area contributed by atoms with Gasteiger partial charge in [-0.2, -0.15) is 12.6 Å². The number of carbonyl (C=O) groups excluding carboxylic acids is 4. The van der Waals surface area contributed by atoms with Crippen LogP contribution in [0.15, 0.2) is 30.3 Å². The molecule has 0 fully saturated rings. The number of primary amides is 1. The van der Waals surface area contributed by atoms with E-state index < -0.39 is 66.3 Å². The van der Waals surface area contributed by atoms with Gasteiger partial charge in [0.2, 0.25) is 23.6 Å². The number of aliphatic carboxylic acids is 1. The topological polar surface area (TPSA) is 214 Å². The predicted octanol–water partition coefficient (Wildman–Crippen LogP) is -2.72. The van der Waals surface area contributed by atoms with Crippen molar-refractivity contribution in [2.45, 2.75) is 50.0 Å². The number of benzene rings is 1. The van der Waals surface area contributed by atoms with E-state index in [1.54, 1.807) is 24.3 Å². The zero-order valence-corrected chi connectivity index (χ0v) is 18.8. The third-order valence-corrected chi connectivity index (χ3v) is 4.90. The Bertz CT molecular complexity index is 852. The molecule has 13 heteroatoms. The number of hydrogen-bond donors (Lipinski definition) is 8. The monoisotopic (exact) mass is 483 g/mol. The van der Waals surface area contributed by atoms with Crippen LogP contribution in [0.2, 0.25) is 0 Å². The first-order valence-electron chi connectivity index (χ1n) is 9.96. The van der Waals surface area contributed by atoms with Gasteiger partial charge >= 0.3 is 5.97 Å². The molecule has 1 rings (SSSR count). The summed E-state index contributed by atoms with van der Waals surface area (Å²) in [5.41, 5.74) is 11.7. The summed E-state index contributed by atoms with van der Waals surface area (Å²) in [4.78, 5) is 59.7. The van der Waals surface area contributed by atoms with Crippen LogP contribution >= 0.6 is 12.6 Å². The molecule has 0 spiro atoms. The van der Waals surface area contributed by atoms with E-state index in [9.17, 15) is 29.1 Å². The Balaban J connectivity index is 2.80. The molecular formula is C20H29N5O7S. The summed E-state index contributed by atoms with van der Waals surface area (Å²) in [6, 6.07) is 3.62. The Labute approximate surface area is 195 Å². The largest absolute Gasteiger partial charge is 0.480 e. The van der Waals surface area contributed by atoms with Crippen molar-refractivity contribution >= 4 is 42.2 Å². The van der Waals surface area contributed by atoms with Crippen LogP contribution in [0.4, 0.5) is 0 Å². The van der Waals surface area contributed by atoms with Gasteiger partial charge in [0.05, 0.1) is 18.6 Å². The second kappa shape index (κ2) is 13.4. The van der Waals surface area contributed by atoms with Crippen LogP contribution in [0, 0.1) is 0 Å². The second-order valence-corrected chi connectivity index (χ2v) is 7.70. The summed E-state index contributed by atoms with van der Waals surface area (Å²) >= 11 is 4.03. The quantitative estimate of drug-likeness (QED) is 0.138. The van der Waals surface area contributed by atoms with Gasteiger partial charge in [-0.3, -0.25) is 19.2 Å². The van der Waals surface area contributed by atoms with Gasteiger partial charge < -0.3 is 37.6 Å². The minimum Gasteiger partial charge on any atom is -0.480 e. The molecule has 0 radical (unpaired) electrons. The third kappa shape index (κ3) is 9.47. The van der Waals surface area contributed by atoms with Gasteiger partial charge in [0.1, 0.15) is 18.1 Å². The molecule has 0 aliphatic carbocycles. The molecule has 0 saturated heterocycles. The fourth-order valence-electron chi connectivity index (χ4n) is 2.76. The molecule has 1 aromatic carbocycles. The highest BCUT2D eigenvalue weighted by molar-refractivity contribution is 7.80. The summed E-state index contributed by atoms with van der Waals surface area (Å²) in [7, 11) is 0. The predicted molar refractivity (Wildman–Crippen MR) is 121 cm³/mol. The Morgan fingerprint density at radius 1 is 0.970 bits per heavy atom. The smallest absolute Gasteiger partial charge is 0.326 e. The molecule has 1 aromatic rings. The van der Waals surface area contributed by atoms with Crippen molar-refractivity contribution in [1.29, 1.82) is 0 Å². The molecule has 0 heterocycles. The Hall–Kier alpha value is -3.16.